The number of alkyl halides is 3. The Bertz CT molecular complexity index is 838. The Labute approximate surface area is 157 Å². The lowest BCUT2D eigenvalue weighted by atomic mass is 10.4. The lowest BCUT2D eigenvalue weighted by Crippen LogP contribution is -2.21. The average molecular weight is 412 g/mol. The van der Waals surface area contributed by atoms with E-state index in [-0.39, 0.29) is 0 Å². The van der Waals surface area contributed by atoms with E-state index >= 15 is 0 Å². The van der Waals surface area contributed by atoms with Crippen molar-refractivity contribution in [3.8, 4) is 0 Å². The maximum Gasteiger partial charge on any atom is 0.485 e. The van der Waals surface area contributed by atoms with Crippen LogP contribution in [0.25, 0.3) is 0 Å². The van der Waals surface area contributed by atoms with Crippen molar-refractivity contribution in [1.29, 1.82) is 0 Å². The van der Waals surface area contributed by atoms with Gasteiger partial charge in [-0.2, -0.15) is 13.2 Å². The van der Waals surface area contributed by atoms with Gasteiger partial charge in [-0.05, 0) is 36.4 Å². The predicted octanol–water partition coefficient (Wildman–Crippen LogP) is 3.23. The minimum atomic E-state index is -6.09. The van der Waals surface area contributed by atoms with Gasteiger partial charge < -0.3 is 4.55 Å². The summed E-state index contributed by atoms with van der Waals surface area (Å²) in [6, 6.07) is 32.5. The predicted molar refractivity (Wildman–Crippen MR) is 102 cm³/mol. The minimum Gasteiger partial charge on any atom is -0.741 e. The topological polar surface area (TPSA) is 57.2 Å². The molecular formula is C19H16F3O3PS. The Hall–Kier alpha value is -2.21. The highest BCUT2D eigenvalue weighted by molar-refractivity contribution is 7.86. The van der Waals surface area contributed by atoms with Crippen LogP contribution in [0.4, 0.5) is 13.2 Å². The first-order chi connectivity index (χ1) is 12.7. The molecule has 0 saturated carbocycles. The van der Waals surface area contributed by atoms with Crippen LogP contribution in [0.2, 0.25) is 0 Å². The Morgan fingerprint density at radius 1 is 0.630 bits per heavy atom. The molecule has 27 heavy (non-hydrogen) atoms. The molecule has 142 valence electrons. The molecule has 8 heteroatoms. The zero-order valence-corrected chi connectivity index (χ0v) is 15.7. The molecule has 0 unspecified atom stereocenters. The summed E-state index contributed by atoms with van der Waals surface area (Å²) in [7, 11) is -6.97. The van der Waals surface area contributed by atoms with Gasteiger partial charge in [0.25, 0.3) is 0 Å². The summed E-state index contributed by atoms with van der Waals surface area (Å²) in [6.07, 6.45) is 0. The van der Waals surface area contributed by atoms with Crippen molar-refractivity contribution in [2.24, 2.45) is 0 Å². The van der Waals surface area contributed by atoms with Crippen molar-refractivity contribution >= 4 is 34.0 Å². The second-order valence-corrected chi connectivity index (χ2v) is 9.23. The number of halogens is 3. The van der Waals surface area contributed by atoms with Crippen LogP contribution in [-0.4, -0.2) is 18.5 Å². The summed E-state index contributed by atoms with van der Waals surface area (Å²) in [5, 5.41) is 4.31. The molecule has 0 radical (unpaired) electrons. The molecule has 0 aliphatic carbocycles. The molecule has 0 N–H and O–H groups in total. The van der Waals surface area contributed by atoms with Crippen LogP contribution >= 0.6 is 7.92 Å². The maximum absolute atomic E-state index is 10.7. The summed E-state index contributed by atoms with van der Waals surface area (Å²) < 4.78 is 58.9. The first kappa shape index (κ1) is 21.1. The van der Waals surface area contributed by atoms with E-state index in [0.717, 1.165) is 0 Å². The lowest BCUT2D eigenvalue weighted by molar-refractivity contribution is -0.0517. The Morgan fingerprint density at radius 2 is 0.852 bits per heavy atom. The fourth-order valence-electron chi connectivity index (χ4n) is 2.31. The van der Waals surface area contributed by atoms with Gasteiger partial charge in [0.2, 0.25) is 0 Å². The molecule has 3 rings (SSSR count). The second kappa shape index (κ2) is 9.13. The Balaban J connectivity index is 0.000000279. The van der Waals surface area contributed by atoms with Crippen molar-refractivity contribution in [3.05, 3.63) is 91.0 Å². The molecule has 3 aromatic rings. The van der Waals surface area contributed by atoms with Gasteiger partial charge >= 0.3 is 5.51 Å². The molecule has 0 fully saturated rings. The third-order valence-electron chi connectivity index (χ3n) is 3.47. The summed E-state index contributed by atoms with van der Waals surface area (Å²) in [5.74, 6) is 0. The quantitative estimate of drug-likeness (QED) is 0.377. The second-order valence-electron chi connectivity index (χ2n) is 5.37. The molecule has 0 heterocycles. The average Bonchev–Trinajstić information content (AvgIpc) is 2.64. The third-order valence-corrected chi connectivity index (χ3v) is 6.77. The molecule has 3 nitrogen and oxygen atoms in total. The smallest absolute Gasteiger partial charge is 0.485 e. The van der Waals surface area contributed by atoms with Crippen molar-refractivity contribution in [3.63, 3.8) is 0 Å². The van der Waals surface area contributed by atoms with E-state index in [1.807, 2.05) is 0 Å². The molecule has 0 spiro atoms. The van der Waals surface area contributed by atoms with E-state index in [9.17, 15) is 13.2 Å². The monoisotopic (exact) mass is 412 g/mol. The van der Waals surface area contributed by atoms with E-state index in [0.29, 0.717) is 0 Å². The van der Waals surface area contributed by atoms with Crippen LogP contribution in [0.15, 0.2) is 91.0 Å². The molecule has 0 aliphatic heterocycles. The van der Waals surface area contributed by atoms with Gasteiger partial charge in [-0.25, -0.2) is 8.42 Å². The van der Waals surface area contributed by atoms with Gasteiger partial charge in [0, 0.05) is 0 Å². The molecule has 0 bridgehead atoms. The van der Waals surface area contributed by atoms with Crippen LogP contribution in [0.3, 0.4) is 0 Å². The Kier molecular flexibility index (Phi) is 7.13. The summed E-state index contributed by atoms with van der Waals surface area (Å²) in [5.41, 5.74) is -5.65. The van der Waals surface area contributed by atoms with Gasteiger partial charge in [-0.15, -0.1) is 0 Å². The van der Waals surface area contributed by atoms with Gasteiger partial charge in [-0.1, -0.05) is 54.6 Å². The number of hydrogen-bond donors (Lipinski definition) is 0. The van der Waals surface area contributed by atoms with E-state index in [1.165, 1.54) is 15.9 Å². The zero-order chi connectivity index (χ0) is 19.9. The van der Waals surface area contributed by atoms with Gasteiger partial charge in [0.15, 0.2) is 10.1 Å². The van der Waals surface area contributed by atoms with E-state index < -0.39 is 23.5 Å². The molecule has 0 aliphatic rings. The first-order valence-electron chi connectivity index (χ1n) is 7.75. The minimum absolute atomic E-state index is 0.877. The zero-order valence-electron chi connectivity index (χ0n) is 13.9. The van der Waals surface area contributed by atoms with E-state index in [1.54, 1.807) is 0 Å². The highest BCUT2D eigenvalue weighted by atomic mass is 32.2. The SMILES string of the molecule is O=S(=O)([O-])C(F)(F)F.c1ccc([PH+](c2ccccc2)c2ccccc2)cc1. The van der Waals surface area contributed by atoms with Crippen molar-refractivity contribution < 1.29 is 26.1 Å². The van der Waals surface area contributed by atoms with Crippen molar-refractivity contribution in [2.45, 2.75) is 5.51 Å². The van der Waals surface area contributed by atoms with Crippen LogP contribution in [0, 0.1) is 0 Å². The normalized spacial score (nSPS) is 11.6. The Morgan fingerprint density at radius 3 is 1.04 bits per heavy atom. The number of benzene rings is 3. The lowest BCUT2D eigenvalue weighted by Gasteiger charge is -2.10. The fourth-order valence-corrected chi connectivity index (χ4v) is 4.89. The van der Waals surface area contributed by atoms with Gasteiger partial charge in [0.05, 0.1) is 7.92 Å². The van der Waals surface area contributed by atoms with Gasteiger partial charge in [-0.3, -0.25) is 0 Å². The van der Waals surface area contributed by atoms with Crippen LogP contribution < -0.4 is 15.9 Å². The van der Waals surface area contributed by atoms with Crippen LogP contribution in [0.5, 0.6) is 0 Å². The summed E-state index contributed by atoms with van der Waals surface area (Å²) >= 11 is 0. The molecule has 0 aromatic heterocycles. The van der Waals surface area contributed by atoms with E-state index in [4.69, 9.17) is 13.0 Å². The van der Waals surface area contributed by atoms with Crippen LogP contribution in [-0.2, 0) is 10.1 Å². The van der Waals surface area contributed by atoms with Gasteiger partial charge in [0.1, 0.15) is 15.9 Å². The molecule has 0 amide bonds. The molecule has 0 saturated heterocycles. The largest absolute Gasteiger partial charge is 0.741 e. The highest BCUT2D eigenvalue weighted by Crippen LogP contribution is 2.32. The van der Waals surface area contributed by atoms with Crippen molar-refractivity contribution in [1.82, 2.24) is 0 Å². The third kappa shape index (κ3) is 6.17. The number of rotatable bonds is 3. The summed E-state index contributed by atoms with van der Waals surface area (Å²) in [6.45, 7) is 0. The summed E-state index contributed by atoms with van der Waals surface area (Å²) in [4.78, 5) is 0. The number of hydrogen-bond acceptors (Lipinski definition) is 3. The first-order valence-corrected chi connectivity index (χ1v) is 10.7. The standard InChI is InChI=1S/C18H15P.CHF3O3S/c1-4-10-16(11-5-1)19(17-12-6-2-7-13-17)18-14-8-3-9-15-18;2-1(3,4)8(5,6)7/h1-15H;(H,5,6,7). The fraction of sp³-hybridized carbons (Fsp3) is 0.0526. The molecule has 0 atom stereocenters. The highest BCUT2D eigenvalue weighted by Gasteiger charge is 2.36. The van der Waals surface area contributed by atoms with Crippen LogP contribution in [0.1, 0.15) is 0 Å². The molecular weight excluding hydrogens is 396 g/mol. The van der Waals surface area contributed by atoms with Crippen molar-refractivity contribution in [2.75, 3.05) is 0 Å². The maximum atomic E-state index is 10.7. The molecule has 3 aromatic carbocycles. The van der Waals surface area contributed by atoms with E-state index in [2.05, 4.69) is 91.0 Å².